The number of furan rings is 1. The molecule has 5 nitrogen and oxygen atoms in total. The maximum Gasteiger partial charge on any atom is 0.246 e. The number of amides is 2. The molecular weight excluding hydrogens is 352 g/mol. The third kappa shape index (κ3) is 4.50. The quantitative estimate of drug-likeness (QED) is 0.736. The van der Waals surface area contributed by atoms with Crippen LogP contribution >= 0.6 is 0 Å². The van der Waals surface area contributed by atoms with Gasteiger partial charge in [0.2, 0.25) is 11.8 Å². The van der Waals surface area contributed by atoms with Crippen LogP contribution in [0.1, 0.15) is 69.3 Å². The van der Waals surface area contributed by atoms with E-state index in [-0.39, 0.29) is 11.8 Å². The lowest BCUT2D eigenvalue weighted by Crippen LogP contribution is -2.44. The van der Waals surface area contributed by atoms with Crippen molar-refractivity contribution in [2.24, 2.45) is 11.8 Å². The predicted octanol–water partition coefficient (Wildman–Crippen LogP) is 4.06. The van der Waals surface area contributed by atoms with Crippen LogP contribution in [0.4, 0.5) is 0 Å². The Morgan fingerprint density at radius 3 is 2.32 bits per heavy atom. The van der Waals surface area contributed by atoms with Gasteiger partial charge in [0, 0.05) is 44.1 Å². The average molecular weight is 385 g/mol. The second-order valence-electron chi connectivity index (χ2n) is 8.73. The summed E-state index contributed by atoms with van der Waals surface area (Å²) in [5.41, 5.74) is 0. The second-order valence-corrected chi connectivity index (χ2v) is 8.73. The van der Waals surface area contributed by atoms with Crippen LogP contribution in [0.3, 0.4) is 0 Å². The molecule has 2 aliphatic heterocycles. The summed E-state index contributed by atoms with van der Waals surface area (Å²) in [6.07, 6.45) is 10.9. The molecule has 1 saturated carbocycles. The Kier molecular flexibility index (Phi) is 5.88. The zero-order valence-corrected chi connectivity index (χ0v) is 16.9. The third-order valence-electron chi connectivity index (χ3n) is 6.59. The van der Waals surface area contributed by atoms with E-state index < -0.39 is 0 Å². The summed E-state index contributed by atoms with van der Waals surface area (Å²) < 4.78 is 5.83. The van der Waals surface area contributed by atoms with Gasteiger partial charge in [-0.2, -0.15) is 0 Å². The highest BCUT2D eigenvalue weighted by molar-refractivity contribution is 5.91. The zero-order valence-electron chi connectivity index (χ0n) is 16.9. The van der Waals surface area contributed by atoms with Crippen molar-refractivity contribution in [2.45, 2.75) is 57.8 Å². The van der Waals surface area contributed by atoms with E-state index >= 15 is 0 Å². The van der Waals surface area contributed by atoms with Crippen molar-refractivity contribution >= 4 is 17.9 Å². The fourth-order valence-corrected chi connectivity index (χ4v) is 4.53. The molecule has 0 aromatic carbocycles. The van der Waals surface area contributed by atoms with Crippen LogP contribution in [0.15, 0.2) is 22.6 Å². The molecule has 4 rings (SSSR count). The molecule has 2 saturated heterocycles. The van der Waals surface area contributed by atoms with Crippen LogP contribution in [0, 0.1) is 11.8 Å². The molecule has 152 valence electrons. The summed E-state index contributed by atoms with van der Waals surface area (Å²) >= 11 is 0. The molecule has 1 aliphatic carbocycles. The second kappa shape index (κ2) is 8.54. The van der Waals surface area contributed by atoms with E-state index in [4.69, 9.17) is 4.42 Å². The lowest BCUT2D eigenvalue weighted by atomic mass is 9.95. The van der Waals surface area contributed by atoms with Gasteiger partial charge >= 0.3 is 0 Å². The monoisotopic (exact) mass is 384 g/mol. The van der Waals surface area contributed by atoms with Crippen molar-refractivity contribution in [3.63, 3.8) is 0 Å². The van der Waals surface area contributed by atoms with E-state index in [9.17, 15) is 9.59 Å². The molecule has 0 spiro atoms. The largest absolute Gasteiger partial charge is 0.461 e. The summed E-state index contributed by atoms with van der Waals surface area (Å²) in [5, 5.41) is 0. The molecule has 1 aromatic heterocycles. The fraction of sp³-hybridized carbons (Fsp3) is 0.652. The number of carbonyl (C=O) groups excluding carboxylic acids is 2. The number of rotatable bonds is 4. The number of hydrogen-bond acceptors (Lipinski definition) is 3. The zero-order chi connectivity index (χ0) is 19.5. The molecule has 1 aromatic rings. The number of carbonyl (C=O) groups is 2. The molecule has 0 radical (unpaired) electrons. The Balaban J connectivity index is 1.25. The molecule has 2 unspecified atom stereocenters. The Hall–Kier alpha value is -2.04. The minimum absolute atomic E-state index is 0.0124. The molecule has 3 aliphatic rings. The van der Waals surface area contributed by atoms with Crippen molar-refractivity contribution in [2.75, 3.05) is 26.2 Å². The summed E-state index contributed by atoms with van der Waals surface area (Å²) in [6, 6.07) is 3.97. The molecule has 2 atom stereocenters. The molecule has 5 heteroatoms. The van der Waals surface area contributed by atoms with Gasteiger partial charge in [-0.05, 0) is 56.2 Å². The normalized spacial score (nSPS) is 26.5. The molecule has 3 fully saturated rings. The first-order valence-corrected chi connectivity index (χ1v) is 11.0. The van der Waals surface area contributed by atoms with Crippen LogP contribution in [0.5, 0.6) is 0 Å². The van der Waals surface area contributed by atoms with E-state index in [1.165, 1.54) is 19.3 Å². The lowest BCUT2D eigenvalue weighted by Gasteiger charge is -2.33. The SMILES string of the molecule is CC1CC1c1ccc(/C=C/C(=O)N2CCC(C(=O)N3CCCCCC3)CC2)o1. The Labute approximate surface area is 167 Å². The number of hydrogen-bond donors (Lipinski definition) is 0. The van der Waals surface area contributed by atoms with Crippen molar-refractivity contribution in [1.82, 2.24) is 9.80 Å². The lowest BCUT2D eigenvalue weighted by molar-refractivity contribution is -0.139. The van der Waals surface area contributed by atoms with Gasteiger partial charge in [0.15, 0.2) is 0 Å². The summed E-state index contributed by atoms with van der Waals surface area (Å²) in [5.74, 6) is 3.45. The van der Waals surface area contributed by atoms with Gasteiger partial charge in [-0.3, -0.25) is 9.59 Å². The molecule has 3 heterocycles. The van der Waals surface area contributed by atoms with Crippen LogP contribution < -0.4 is 0 Å². The Morgan fingerprint density at radius 1 is 1.00 bits per heavy atom. The van der Waals surface area contributed by atoms with Gasteiger partial charge in [-0.25, -0.2) is 0 Å². The Bertz CT molecular complexity index is 722. The van der Waals surface area contributed by atoms with E-state index in [1.807, 2.05) is 17.0 Å². The average Bonchev–Trinajstić information content (AvgIpc) is 3.37. The van der Waals surface area contributed by atoms with Gasteiger partial charge in [0.05, 0.1) is 0 Å². The van der Waals surface area contributed by atoms with Gasteiger partial charge in [0.1, 0.15) is 11.5 Å². The number of piperidine rings is 1. The smallest absolute Gasteiger partial charge is 0.246 e. The van der Waals surface area contributed by atoms with Crippen LogP contribution in [0.2, 0.25) is 0 Å². The van der Waals surface area contributed by atoms with Crippen LogP contribution in [-0.4, -0.2) is 47.8 Å². The van der Waals surface area contributed by atoms with Crippen molar-refractivity contribution < 1.29 is 14.0 Å². The predicted molar refractivity (Wildman–Crippen MR) is 109 cm³/mol. The first-order chi connectivity index (χ1) is 13.6. The third-order valence-corrected chi connectivity index (χ3v) is 6.59. The van der Waals surface area contributed by atoms with E-state index in [0.717, 1.165) is 50.3 Å². The standard InChI is InChI=1S/C23H32N2O3/c1-17-16-20(17)21-8-6-19(28-21)7-9-22(26)24-14-10-18(11-15-24)23(27)25-12-4-2-3-5-13-25/h6-9,17-18,20H,2-5,10-16H2,1H3/b9-7+. The molecular formula is C23H32N2O3. The highest BCUT2D eigenvalue weighted by Crippen LogP contribution is 2.47. The topological polar surface area (TPSA) is 53.8 Å². The van der Waals surface area contributed by atoms with E-state index in [0.29, 0.717) is 30.8 Å². The number of nitrogens with zero attached hydrogens (tertiary/aromatic N) is 2. The van der Waals surface area contributed by atoms with E-state index in [1.54, 1.807) is 12.2 Å². The maximum atomic E-state index is 12.8. The van der Waals surface area contributed by atoms with Crippen LogP contribution in [0.25, 0.3) is 6.08 Å². The molecule has 28 heavy (non-hydrogen) atoms. The highest BCUT2D eigenvalue weighted by atomic mass is 16.3. The van der Waals surface area contributed by atoms with Gasteiger partial charge in [0.25, 0.3) is 0 Å². The van der Waals surface area contributed by atoms with E-state index in [2.05, 4.69) is 11.8 Å². The Morgan fingerprint density at radius 2 is 1.68 bits per heavy atom. The molecule has 0 N–H and O–H groups in total. The minimum atomic E-state index is 0.0124. The van der Waals surface area contributed by atoms with Crippen LogP contribution in [-0.2, 0) is 9.59 Å². The highest BCUT2D eigenvalue weighted by Gasteiger charge is 2.36. The molecule has 0 bridgehead atoms. The maximum absolute atomic E-state index is 12.8. The van der Waals surface area contributed by atoms with Gasteiger partial charge in [-0.15, -0.1) is 0 Å². The van der Waals surface area contributed by atoms with Gasteiger partial charge < -0.3 is 14.2 Å². The fourth-order valence-electron chi connectivity index (χ4n) is 4.53. The first kappa shape index (κ1) is 19.3. The summed E-state index contributed by atoms with van der Waals surface area (Å²) in [7, 11) is 0. The minimum Gasteiger partial charge on any atom is -0.461 e. The summed E-state index contributed by atoms with van der Waals surface area (Å²) in [6.45, 7) is 5.37. The van der Waals surface area contributed by atoms with Crippen molar-refractivity contribution in [1.29, 1.82) is 0 Å². The van der Waals surface area contributed by atoms with Gasteiger partial charge in [-0.1, -0.05) is 19.8 Å². The van der Waals surface area contributed by atoms with Crippen molar-refractivity contribution in [3.8, 4) is 0 Å². The number of likely N-dealkylation sites (tertiary alicyclic amines) is 2. The first-order valence-electron chi connectivity index (χ1n) is 11.0. The van der Waals surface area contributed by atoms with Crippen molar-refractivity contribution in [3.05, 3.63) is 29.7 Å². The summed E-state index contributed by atoms with van der Waals surface area (Å²) in [4.78, 5) is 29.2. The molecule has 2 amide bonds.